The van der Waals surface area contributed by atoms with Crippen molar-refractivity contribution in [3.63, 3.8) is 0 Å². The number of hydrogen-bond acceptors (Lipinski definition) is 4. The smallest absolute Gasteiger partial charge is 0.0940 e. The molecule has 4 nitrogen and oxygen atoms in total. The van der Waals surface area contributed by atoms with Gasteiger partial charge in [-0.2, -0.15) is 0 Å². The Bertz CT molecular complexity index is 430. The first-order chi connectivity index (χ1) is 11.1. The molecule has 0 spiro atoms. The van der Waals surface area contributed by atoms with Gasteiger partial charge in [0.05, 0.1) is 6.10 Å². The molecule has 2 rings (SSSR count). The quantitative estimate of drug-likeness (QED) is 0.643. The second-order valence-electron chi connectivity index (χ2n) is 6.96. The zero-order chi connectivity index (χ0) is 16.7. The van der Waals surface area contributed by atoms with Crippen LogP contribution in [0, 0.1) is 0 Å². The van der Waals surface area contributed by atoms with Crippen molar-refractivity contribution in [3.05, 3.63) is 35.9 Å². The number of aliphatic hydroxyl groups excluding tert-OH is 1. The lowest BCUT2D eigenvalue weighted by atomic mass is 10.0. The minimum Gasteiger partial charge on any atom is -0.387 e. The molecular formula is C19H33N3O. The Balaban J connectivity index is 1.60. The molecule has 1 aromatic carbocycles. The first-order valence-corrected chi connectivity index (χ1v) is 9.01. The van der Waals surface area contributed by atoms with E-state index < -0.39 is 6.10 Å². The van der Waals surface area contributed by atoms with E-state index >= 15 is 0 Å². The summed E-state index contributed by atoms with van der Waals surface area (Å²) in [5, 5.41) is 17.4. The molecule has 3 N–H and O–H groups in total. The van der Waals surface area contributed by atoms with Crippen LogP contribution in [0.1, 0.15) is 45.3 Å². The summed E-state index contributed by atoms with van der Waals surface area (Å²) in [6.45, 7) is 10.8. The van der Waals surface area contributed by atoms with E-state index in [0.717, 1.165) is 18.7 Å². The van der Waals surface area contributed by atoms with Gasteiger partial charge in [0, 0.05) is 31.2 Å². The number of nitrogens with zero attached hydrogens (tertiary/aromatic N) is 1. The van der Waals surface area contributed by atoms with E-state index in [1.165, 1.54) is 25.9 Å². The summed E-state index contributed by atoms with van der Waals surface area (Å²) >= 11 is 0. The normalized spacial score (nSPS) is 19.9. The third-order valence-electron chi connectivity index (χ3n) is 4.90. The van der Waals surface area contributed by atoms with Crippen molar-refractivity contribution in [3.8, 4) is 0 Å². The SMILES string of the molecule is CC(NCCNC1CCN(C(C)C)CC1)C(O)c1ccccc1. The van der Waals surface area contributed by atoms with Gasteiger partial charge in [-0.15, -0.1) is 0 Å². The molecule has 1 saturated heterocycles. The zero-order valence-electron chi connectivity index (χ0n) is 14.8. The standard InChI is InChI=1S/C19H33N3O/c1-15(2)22-13-9-18(10-14-22)21-12-11-20-16(3)19(23)17-7-5-4-6-8-17/h4-8,15-16,18-21,23H,9-14H2,1-3H3. The first kappa shape index (κ1) is 18.4. The third-order valence-corrected chi connectivity index (χ3v) is 4.90. The van der Waals surface area contributed by atoms with E-state index in [0.29, 0.717) is 12.1 Å². The van der Waals surface area contributed by atoms with Crippen LogP contribution in [0.3, 0.4) is 0 Å². The molecule has 0 aromatic heterocycles. The Morgan fingerprint density at radius 2 is 1.74 bits per heavy atom. The summed E-state index contributed by atoms with van der Waals surface area (Å²) in [7, 11) is 0. The van der Waals surface area contributed by atoms with Crippen molar-refractivity contribution < 1.29 is 5.11 Å². The summed E-state index contributed by atoms with van der Waals surface area (Å²) in [5.41, 5.74) is 0.974. The van der Waals surface area contributed by atoms with Gasteiger partial charge >= 0.3 is 0 Å². The summed E-state index contributed by atoms with van der Waals surface area (Å²) in [4.78, 5) is 2.55. The van der Waals surface area contributed by atoms with Crippen molar-refractivity contribution in [1.29, 1.82) is 0 Å². The van der Waals surface area contributed by atoms with Gasteiger partial charge in [-0.3, -0.25) is 0 Å². The molecule has 2 atom stereocenters. The maximum absolute atomic E-state index is 10.3. The number of nitrogens with one attached hydrogen (secondary N) is 2. The maximum Gasteiger partial charge on any atom is 0.0940 e. The molecule has 1 fully saturated rings. The number of benzene rings is 1. The second kappa shape index (κ2) is 9.38. The average Bonchev–Trinajstić information content (AvgIpc) is 2.59. The van der Waals surface area contributed by atoms with Crippen LogP contribution in [0.25, 0.3) is 0 Å². The molecule has 2 unspecified atom stereocenters. The molecule has 1 heterocycles. The van der Waals surface area contributed by atoms with E-state index in [1.54, 1.807) is 0 Å². The van der Waals surface area contributed by atoms with E-state index in [2.05, 4.69) is 29.4 Å². The Kier molecular flexibility index (Phi) is 7.50. The van der Waals surface area contributed by atoms with E-state index in [9.17, 15) is 5.11 Å². The molecule has 4 heteroatoms. The predicted molar refractivity (Wildman–Crippen MR) is 96.6 cm³/mol. The van der Waals surface area contributed by atoms with Crippen LogP contribution in [0.15, 0.2) is 30.3 Å². The number of rotatable bonds is 8. The highest BCUT2D eigenvalue weighted by Gasteiger charge is 2.20. The van der Waals surface area contributed by atoms with Crippen molar-refractivity contribution in [2.75, 3.05) is 26.2 Å². The van der Waals surface area contributed by atoms with Crippen molar-refractivity contribution in [1.82, 2.24) is 15.5 Å². The van der Waals surface area contributed by atoms with Crippen LogP contribution >= 0.6 is 0 Å². The Morgan fingerprint density at radius 3 is 2.35 bits per heavy atom. The fourth-order valence-corrected chi connectivity index (χ4v) is 3.25. The van der Waals surface area contributed by atoms with E-state index in [4.69, 9.17) is 0 Å². The summed E-state index contributed by atoms with van der Waals surface area (Å²) < 4.78 is 0. The summed E-state index contributed by atoms with van der Waals surface area (Å²) in [6, 6.07) is 11.2. The fourth-order valence-electron chi connectivity index (χ4n) is 3.25. The fraction of sp³-hybridized carbons (Fsp3) is 0.684. The van der Waals surface area contributed by atoms with Gasteiger partial charge in [-0.05, 0) is 52.3 Å². The minimum absolute atomic E-state index is 0.0574. The molecule has 1 aromatic rings. The van der Waals surface area contributed by atoms with Gasteiger partial charge in [0.25, 0.3) is 0 Å². The lowest BCUT2D eigenvalue weighted by Gasteiger charge is -2.35. The molecule has 0 radical (unpaired) electrons. The highest BCUT2D eigenvalue weighted by Crippen LogP contribution is 2.16. The largest absolute Gasteiger partial charge is 0.387 e. The average molecular weight is 319 g/mol. The Morgan fingerprint density at radius 1 is 1.09 bits per heavy atom. The number of likely N-dealkylation sites (tertiary alicyclic amines) is 1. The minimum atomic E-state index is -0.453. The van der Waals surface area contributed by atoms with E-state index in [1.807, 2.05) is 37.3 Å². The summed E-state index contributed by atoms with van der Waals surface area (Å²) in [5.74, 6) is 0. The first-order valence-electron chi connectivity index (χ1n) is 9.01. The molecule has 0 saturated carbocycles. The van der Waals surface area contributed by atoms with Crippen LogP contribution in [-0.2, 0) is 0 Å². The lowest BCUT2D eigenvalue weighted by Crippen LogP contribution is -2.47. The molecular weight excluding hydrogens is 286 g/mol. The van der Waals surface area contributed by atoms with Crippen molar-refractivity contribution in [2.45, 2.75) is 57.8 Å². The third kappa shape index (κ3) is 5.88. The molecule has 0 amide bonds. The van der Waals surface area contributed by atoms with Crippen LogP contribution in [-0.4, -0.2) is 54.3 Å². The number of hydrogen-bond donors (Lipinski definition) is 3. The highest BCUT2D eigenvalue weighted by molar-refractivity contribution is 5.18. The lowest BCUT2D eigenvalue weighted by molar-refractivity contribution is 0.135. The molecule has 23 heavy (non-hydrogen) atoms. The second-order valence-corrected chi connectivity index (χ2v) is 6.96. The van der Waals surface area contributed by atoms with Crippen LogP contribution < -0.4 is 10.6 Å². The topological polar surface area (TPSA) is 47.5 Å². The van der Waals surface area contributed by atoms with Gasteiger partial charge in [0.15, 0.2) is 0 Å². The maximum atomic E-state index is 10.3. The zero-order valence-corrected chi connectivity index (χ0v) is 14.8. The van der Waals surface area contributed by atoms with Crippen LogP contribution in [0.4, 0.5) is 0 Å². The van der Waals surface area contributed by atoms with Crippen molar-refractivity contribution >= 4 is 0 Å². The summed E-state index contributed by atoms with van der Waals surface area (Å²) in [6.07, 6.45) is 2.02. The Hall–Kier alpha value is -0.940. The predicted octanol–water partition coefficient (Wildman–Crippen LogP) is 2.16. The van der Waals surface area contributed by atoms with Gasteiger partial charge in [0.2, 0.25) is 0 Å². The van der Waals surface area contributed by atoms with E-state index in [-0.39, 0.29) is 6.04 Å². The molecule has 130 valence electrons. The van der Waals surface area contributed by atoms with Gasteiger partial charge in [-0.25, -0.2) is 0 Å². The van der Waals surface area contributed by atoms with Crippen LogP contribution in [0.5, 0.6) is 0 Å². The van der Waals surface area contributed by atoms with Crippen molar-refractivity contribution in [2.24, 2.45) is 0 Å². The molecule has 0 bridgehead atoms. The molecule has 1 aliphatic rings. The van der Waals surface area contributed by atoms with Crippen LogP contribution in [0.2, 0.25) is 0 Å². The number of piperidine rings is 1. The van der Waals surface area contributed by atoms with Gasteiger partial charge in [0.1, 0.15) is 0 Å². The Labute approximate surface area is 141 Å². The monoisotopic (exact) mass is 319 g/mol. The van der Waals surface area contributed by atoms with Gasteiger partial charge < -0.3 is 20.6 Å². The molecule has 1 aliphatic heterocycles. The number of aliphatic hydroxyl groups is 1. The van der Waals surface area contributed by atoms with Gasteiger partial charge in [-0.1, -0.05) is 30.3 Å². The molecule has 0 aliphatic carbocycles. The highest BCUT2D eigenvalue weighted by atomic mass is 16.3.